The number of amides is 2. The maximum atomic E-state index is 14.1. The van der Waals surface area contributed by atoms with Gasteiger partial charge in [-0.05, 0) is 97.0 Å². The SMILES string of the molecule is CC[C@H]1OC(=O)[C@H](C)[C@@H](O)[C@H](C)[C@@H](O[C@@H]2O[C@H](C)C[C@H](N(C)C(=O)N(C)C)[C@H]2Oc2ccc(F)cc2C)[C@](C)(O)C[C@@H](C)CN[C@H](C)[C@@H](O)[C@]1(C)O. The van der Waals surface area contributed by atoms with Crippen LogP contribution in [0.4, 0.5) is 9.18 Å². The van der Waals surface area contributed by atoms with Crippen LogP contribution >= 0.6 is 0 Å². The third-order valence-corrected chi connectivity index (χ3v) is 10.9. The summed E-state index contributed by atoms with van der Waals surface area (Å²) in [6, 6.07) is 2.61. The van der Waals surface area contributed by atoms with E-state index in [0.717, 1.165) is 0 Å². The summed E-state index contributed by atoms with van der Waals surface area (Å²) < 4.78 is 39.6. The Morgan fingerprint density at radius 3 is 2.31 bits per heavy atom. The molecule has 2 saturated heterocycles. The van der Waals surface area contributed by atoms with Crippen molar-refractivity contribution in [3.05, 3.63) is 29.6 Å². The summed E-state index contributed by atoms with van der Waals surface area (Å²) in [6.45, 7) is 15.4. The first-order chi connectivity index (χ1) is 24.0. The monoisotopic (exact) mass is 741 g/mol. The second-order valence-electron chi connectivity index (χ2n) is 16.0. The number of aryl methyl sites for hydroxylation is 1. The first-order valence-corrected chi connectivity index (χ1v) is 18.5. The van der Waals surface area contributed by atoms with Crippen molar-refractivity contribution in [1.29, 1.82) is 0 Å². The lowest BCUT2D eigenvalue weighted by atomic mass is 9.78. The Morgan fingerprint density at radius 2 is 1.73 bits per heavy atom. The van der Waals surface area contributed by atoms with Crippen LogP contribution in [0.25, 0.3) is 0 Å². The number of benzene rings is 1. The van der Waals surface area contributed by atoms with Crippen molar-refractivity contribution in [3.63, 3.8) is 0 Å². The fraction of sp³-hybridized carbons (Fsp3) is 0.789. The highest BCUT2D eigenvalue weighted by Gasteiger charge is 2.51. The lowest BCUT2D eigenvalue weighted by molar-refractivity contribution is -0.294. The van der Waals surface area contributed by atoms with E-state index in [1.165, 1.54) is 36.9 Å². The summed E-state index contributed by atoms with van der Waals surface area (Å²) in [5.74, 6) is -3.12. The standard InChI is InChI=1S/C38H64FN3O10/c1-13-29-38(9,48)32(44)25(7)40-19-20(2)18-37(8,47)33(23(5)30(43)24(6)34(45)51-29)52-35-31(50-28-15-14-26(39)16-21(28)3)27(17-22(4)49-35)42(12)36(46)41(10)11/h14-16,20,22-25,27,29-33,35,40,43-44,47-48H,13,17-19H2,1-12H3/t20-,22-,23+,24-,25-,27+,29-,30+,31-,32-,33-,35+,37-,38-/m1/s1. The van der Waals surface area contributed by atoms with Gasteiger partial charge in [0, 0.05) is 33.1 Å². The number of hydrogen-bond acceptors (Lipinski definition) is 11. The third-order valence-electron chi connectivity index (χ3n) is 10.9. The van der Waals surface area contributed by atoms with Gasteiger partial charge in [0.2, 0.25) is 0 Å². The van der Waals surface area contributed by atoms with Gasteiger partial charge >= 0.3 is 12.0 Å². The number of nitrogens with one attached hydrogen (secondary N) is 1. The van der Waals surface area contributed by atoms with E-state index < -0.39 is 89.8 Å². The first-order valence-electron chi connectivity index (χ1n) is 18.5. The molecule has 5 N–H and O–H groups in total. The van der Waals surface area contributed by atoms with Crippen molar-refractivity contribution >= 4 is 12.0 Å². The second-order valence-corrected chi connectivity index (χ2v) is 16.0. The number of carbonyl (C=O) groups excluding carboxylic acids is 2. The molecule has 0 radical (unpaired) electrons. The van der Waals surface area contributed by atoms with E-state index in [1.54, 1.807) is 60.7 Å². The van der Waals surface area contributed by atoms with Crippen molar-refractivity contribution in [2.24, 2.45) is 17.8 Å². The van der Waals surface area contributed by atoms with Gasteiger partial charge < -0.3 is 54.5 Å². The Labute approximate surface area is 308 Å². The molecule has 2 aliphatic rings. The molecule has 2 aliphatic heterocycles. The molecule has 0 aromatic heterocycles. The van der Waals surface area contributed by atoms with E-state index in [4.69, 9.17) is 18.9 Å². The summed E-state index contributed by atoms with van der Waals surface area (Å²) >= 11 is 0. The number of hydrogen-bond donors (Lipinski definition) is 5. The lowest BCUT2D eigenvalue weighted by Gasteiger charge is -2.48. The van der Waals surface area contributed by atoms with Crippen LogP contribution in [0.3, 0.4) is 0 Å². The van der Waals surface area contributed by atoms with Gasteiger partial charge in [0.05, 0.1) is 35.9 Å². The summed E-state index contributed by atoms with van der Waals surface area (Å²) in [4.78, 5) is 29.8. The van der Waals surface area contributed by atoms with Crippen LogP contribution in [0.15, 0.2) is 18.2 Å². The minimum absolute atomic E-state index is 0.157. The number of aliphatic hydroxyl groups excluding tert-OH is 2. The van der Waals surface area contributed by atoms with Crippen LogP contribution in [-0.2, 0) is 19.0 Å². The predicted molar refractivity (Wildman–Crippen MR) is 193 cm³/mol. The van der Waals surface area contributed by atoms with Gasteiger partial charge in [-0.3, -0.25) is 4.79 Å². The van der Waals surface area contributed by atoms with Crippen LogP contribution in [0, 0.1) is 30.5 Å². The van der Waals surface area contributed by atoms with Crippen LogP contribution in [0.1, 0.15) is 80.2 Å². The molecule has 14 atom stereocenters. The zero-order chi connectivity index (χ0) is 39.5. The summed E-state index contributed by atoms with van der Waals surface area (Å²) in [7, 11) is 4.93. The molecule has 0 unspecified atom stereocenters. The van der Waals surface area contributed by atoms with Gasteiger partial charge in [0.1, 0.15) is 29.4 Å². The van der Waals surface area contributed by atoms with Gasteiger partial charge in [-0.2, -0.15) is 0 Å². The maximum Gasteiger partial charge on any atom is 0.319 e. The minimum atomic E-state index is -1.81. The average Bonchev–Trinajstić information content (AvgIpc) is 3.07. The molecular formula is C38H64FN3O10. The van der Waals surface area contributed by atoms with E-state index >= 15 is 0 Å². The van der Waals surface area contributed by atoms with Gasteiger partial charge in [0.25, 0.3) is 0 Å². The van der Waals surface area contributed by atoms with Gasteiger partial charge in [-0.1, -0.05) is 20.8 Å². The quantitative estimate of drug-likeness (QED) is 0.272. The Kier molecular flexibility index (Phi) is 14.9. The van der Waals surface area contributed by atoms with Gasteiger partial charge in [-0.15, -0.1) is 0 Å². The predicted octanol–water partition coefficient (Wildman–Crippen LogP) is 3.22. The molecule has 298 valence electrons. The Hall–Kier alpha value is -2.59. The van der Waals surface area contributed by atoms with Gasteiger partial charge in [-0.25, -0.2) is 9.18 Å². The molecule has 1 aromatic carbocycles. The van der Waals surface area contributed by atoms with Crippen molar-refractivity contribution in [2.75, 3.05) is 27.7 Å². The topological polar surface area (TPSA) is 170 Å². The average molecular weight is 742 g/mol. The normalized spacial score (nSPS) is 39.8. The number of nitrogens with zero attached hydrogens (tertiary/aromatic N) is 2. The zero-order valence-corrected chi connectivity index (χ0v) is 33.0. The third kappa shape index (κ3) is 10.1. The smallest absolute Gasteiger partial charge is 0.319 e. The zero-order valence-electron chi connectivity index (χ0n) is 33.0. The minimum Gasteiger partial charge on any atom is -0.483 e. The number of aliphatic hydroxyl groups is 4. The van der Waals surface area contributed by atoms with Crippen molar-refractivity contribution in [3.8, 4) is 5.75 Å². The van der Waals surface area contributed by atoms with Gasteiger partial charge in [0.15, 0.2) is 12.4 Å². The molecule has 0 spiro atoms. The Balaban J connectivity index is 2.11. The molecule has 14 heteroatoms. The fourth-order valence-electron chi connectivity index (χ4n) is 7.70. The van der Waals surface area contributed by atoms with E-state index in [0.29, 0.717) is 24.3 Å². The number of cyclic esters (lactones) is 1. The molecule has 0 bridgehead atoms. The Bertz CT molecular complexity index is 1350. The maximum absolute atomic E-state index is 14.1. The Morgan fingerprint density at radius 1 is 1.10 bits per heavy atom. The molecule has 3 rings (SSSR count). The molecular weight excluding hydrogens is 677 g/mol. The number of ether oxygens (including phenoxy) is 4. The van der Waals surface area contributed by atoms with E-state index in [2.05, 4.69) is 5.32 Å². The molecule has 2 amide bonds. The molecule has 2 heterocycles. The molecule has 13 nitrogen and oxygen atoms in total. The number of carbonyl (C=O) groups is 2. The molecule has 1 aromatic rings. The summed E-state index contributed by atoms with van der Waals surface area (Å²) in [5.41, 5.74) is -2.93. The number of likely N-dealkylation sites (N-methyl/N-ethyl adjacent to an activating group) is 1. The lowest BCUT2D eigenvalue weighted by Crippen LogP contribution is -2.62. The number of esters is 1. The van der Waals surface area contributed by atoms with Crippen LogP contribution in [-0.4, -0.2) is 136 Å². The number of urea groups is 1. The summed E-state index contributed by atoms with van der Waals surface area (Å²) in [5, 5.41) is 49.8. The molecule has 0 aliphatic carbocycles. The van der Waals surface area contributed by atoms with Crippen molar-refractivity contribution in [1.82, 2.24) is 15.1 Å². The van der Waals surface area contributed by atoms with E-state index in [-0.39, 0.29) is 24.8 Å². The number of rotatable bonds is 6. The highest BCUT2D eigenvalue weighted by Crippen LogP contribution is 2.37. The fourth-order valence-corrected chi connectivity index (χ4v) is 7.70. The molecule has 0 saturated carbocycles. The highest BCUT2D eigenvalue weighted by atomic mass is 19.1. The molecule has 52 heavy (non-hydrogen) atoms. The largest absolute Gasteiger partial charge is 0.483 e. The second kappa shape index (κ2) is 17.7. The van der Waals surface area contributed by atoms with Crippen LogP contribution in [0.2, 0.25) is 0 Å². The first kappa shape index (κ1) is 43.8. The van der Waals surface area contributed by atoms with E-state index in [9.17, 15) is 34.4 Å². The van der Waals surface area contributed by atoms with Crippen molar-refractivity contribution < 1.29 is 53.4 Å². The van der Waals surface area contributed by atoms with E-state index in [1.807, 2.05) is 13.8 Å². The summed E-state index contributed by atoms with van der Waals surface area (Å²) in [6.07, 6.45) is -6.82. The highest BCUT2D eigenvalue weighted by molar-refractivity contribution is 5.74. The molecule has 2 fully saturated rings. The van der Waals surface area contributed by atoms with Crippen LogP contribution < -0.4 is 10.1 Å². The van der Waals surface area contributed by atoms with Crippen molar-refractivity contribution in [2.45, 2.75) is 148 Å². The van der Waals surface area contributed by atoms with Crippen LogP contribution in [0.5, 0.6) is 5.75 Å². The number of halogens is 1.